The molecule has 0 amide bonds. The number of fused-ring (bicyclic) bond motifs is 1. The summed E-state index contributed by atoms with van der Waals surface area (Å²) in [6, 6.07) is 5.59. The molecule has 6 heteroatoms. The standard InChI is InChI=1S/C15H15Br2NO3/c1-2-3-6-12(15(19)20)21-14-11(17)8-10(16)9-5-4-7-18-13(9)14/h4-5,7-8,12H,2-3,6H2,1H3,(H,19,20). The number of carbonyl (C=O) groups is 1. The molecule has 4 nitrogen and oxygen atoms in total. The van der Waals surface area contributed by atoms with Gasteiger partial charge in [0.25, 0.3) is 0 Å². The van der Waals surface area contributed by atoms with Gasteiger partial charge in [-0.05, 0) is 40.9 Å². The number of hydrogen-bond donors (Lipinski definition) is 1. The van der Waals surface area contributed by atoms with Crippen LogP contribution in [0.5, 0.6) is 5.75 Å². The van der Waals surface area contributed by atoms with Gasteiger partial charge in [-0.1, -0.05) is 35.3 Å². The molecule has 1 unspecified atom stereocenters. The number of ether oxygens (including phenoxy) is 1. The van der Waals surface area contributed by atoms with E-state index in [1.54, 1.807) is 6.20 Å². The van der Waals surface area contributed by atoms with Gasteiger partial charge in [0.2, 0.25) is 0 Å². The van der Waals surface area contributed by atoms with Crippen LogP contribution >= 0.6 is 31.9 Å². The van der Waals surface area contributed by atoms with E-state index in [0.717, 1.165) is 22.7 Å². The number of aliphatic carboxylic acids is 1. The number of unbranched alkanes of at least 4 members (excludes halogenated alkanes) is 1. The Balaban J connectivity index is 2.43. The molecule has 0 saturated heterocycles. The van der Waals surface area contributed by atoms with E-state index >= 15 is 0 Å². The van der Waals surface area contributed by atoms with Crippen LogP contribution in [-0.2, 0) is 4.79 Å². The minimum atomic E-state index is -0.956. The molecule has 1 aromatic heterocycles. The SMILES string of the molecule is CCCCC(Oc1c(Br)cc(Br)c2cccnc12)C(=O)O. The maximum Gasteiger partial charge on any atom is 0.344 e. The number of pyridine rings is 1. The molecule has 0 spiro atoms. The van der Waals surface area contributed by atoms with Gasteiger partial charge in [0.15, 0.2) is 11.9 Å². The van der Waals surface area contributed by atoms with Gasteiger partial charge in [0.1, 0.15) is 5.52 Å². The van der Waals surface area contributed by atoms with Crippen molar-refractivity contribution in [3.8, 4) is 5.75 Å². The Kier molecular flexibility index (Phi) is 5.58. The van der Waals surface area contributed by atoms with Crippen LogP contribution in [0.2, 0.25) is 0 Å². The smallest absolute Gasteiger partial charge is 0.344 e. The van der Waals surface area contributed by atoms with Gasteiger partial charge < -0.3 is 9.84 Å². The molecular formula is C15H15Br2NO3. The van der Waals surface area contributed by atoms with Crippen LogP contribution in [0.3, 0.4) is 0 Å². The molecule has 1 atom stereocenters. The average molecular weight is 417 g/mol. The van der Waals surface area contributed by atoms with E-state index < -0.39 is 12.1 Å². The Labute approximate surface area is 139 Å². The lowest BCUT2D eigenvalue weighted by molar-refractivity contribution is -0.145. The van der Waals surface area contributed by atoms with Crippen molar-refractivity contribution in [1.82, 2.24) is 4.98 Å². The van der Waals surface area contributed by atoms with Crippen molar-refractivity contribution in [3.05, 3.63) is 33.3 Å². The number of halogens is 2. The molecule has 0 saturated carbocycles. The maximum atomic E-state index is 11.4. The van der Waals surface area contributed by atoms with Gasteiger partial charge >= 0.3 is 5.97 Å². The van der Waals surface area contributed by atoms with Gasteiger partial charge in [0, 0.05) is 16.1 Å². The van der Waals surface area contributed by atoms with Crippen molar-refractivity contribution >= 4 is 48.7 Å². The summed E-state index contributed by atoms with van der Waals surface area (Å²) in [4.78, 5) is 15.7. The summed E-state index contributed by atoms with van der Waals surface area (Å²) in [5.74, 6) is -0.486. The van der Waals surface area contributed by atoms with E-state index in [9.17, 15) is 9.90 Å². The van der Waals surface area contributed by atoms with Gasteiger partial charge in [-0.2, -0.15) is 0 Å². The summed E-state index contributed by atoms with van der Waals surface area (Å²) >= 11 is 6.90. The second-order valence-electron chi connectivity index (χ2n) is 4.66. The first-order valence-electron chi connectivity index (χ1n) is 6.66. The Hall–Kier alpha value is -1.14. The summed E-state index contributed by atoms with van der Waals surface area (Å²) < 4.78 is 7.31. The lowest BCUT2D eigenvalue weighted by Gasteiger charge is -2.17. The monoisotopic (exact) mass is 415 g/mol. The number of carboxylic acids is 1. The fraction of sp³-hybridized carbons (Fsp3) is 0.333. The molecule has 0 aliphatic rings. The third kappa shape index (κ3) is 3.74. The number of hydrogen-bond acceptors (Lipinski definition) is 3. The fourth-order valence-corrected chi connectivity index (χ4v) is 3.39. The highest BCUT2D eigenvalue weighted by Crippen LogP contribution is 2.38. The number of nitrogens with zero attached hydrogens (tertiary/aromatic N) is 1. The van der Waals surface area contributed by atoms with Crippen LogP contribution in [-0.4, -0.2) is 22.2 Å². The van der Waals surface area contributed by atoms with Crippen molar-refractivity contribution in [1.29, 1.82) is 0 Å². The molecule has 0 bridgehead atoms. The van der Waals surface area contributed by atoms with Crippen molar-refractivity contribution in [3.63, 3.8) is 0 Å². The second kappa shape index (κ2) is 7.22. The Morgan fingerprint density at radius 2 is 2.19 bits per heavy atom. The van der Waals surface area contributed by atoms with Crippen LogP contribution in [0, 0.1) is 0 Å². The minimum absolute atomic E-state index is 0.470. The van der Waals surface area contributed by atoms with Gasteiger partial charge in [0.05, 0.1) is 4.47 Å². The van der Waals surface area contributed by atoms with Crippen molar-refractivity contribution in [2.45, 2.75) is 32.3 Å². The summed E-state index contributed by atoms with van der Waals surface area (Å²) in [6.07, 6.45) is 3.00. The van der Waals surface area contributed by atoms with E-state index in [4.69, 9.17) is 4.74 Å². The maximum absolute atomic E-state index is 11.4. The highest BCUT2D eigenvalue weighted by atomic mass is 79.9. The van der Waals surface area contributed by atoms with Crippen LogP contribution in [0.1, 0.15) is 26.2 Å². The third-order valence-electron chi connectivity index (χ3n) is 3.11. The van der Waals surface area contributed by atoms with E-state index in [0.29, 0.717) is 22.2 Å². The van der Waals surface area contributed by atoms with E-state index in [2.05, 4.69) is 36.8 Å². The number of aromatic nitrogens is 1. The van der Waals surface area contributed by atoms with Gasteiger partial charge in [-0.3, -0.25) is 4.98 Å². The zero-order valence-corrected chi connectivity index (χ0v) is 14.6. The van der Waals surface area contributed by atoms with E-state index in [-0.39, 0.29) is 0 Å². The Bertz CT molecular complexity index is 661. The van der Waals surface area contributed by atoms with Gasteiger partial charge in [-0.25, -0.2) is 4.79 Å². The highest BCUT2D eigenvalue weighted by molar-refractivity contribution is 9.11. The summed E-state index contributed by atoms with van der Waals surface area (Å²) in [5, 5.41) is 10.2. The fourth-order valence-electron chi connectivity index (χ4n) is 2.02. The van der Waals surface area contributed by atoms with Crippen LogP contribution < -0.4 is 4.74 Å². The molecule has 21 heavy (non-hydrogen) atoms. The molecular weight excluding hydrogens is 402 g/mol. The first-order valence-corrected chi connectivity index (χ1v) is 8.25. The molecule has 2 aromatic rings. The van der Waals surface area contributed by atoms with Crippen molar-refractivity contribution < 1.29 is 14.6 Å². The summed E-state index contributed by atoms with van der Waals surface area (Å²) in [5.41, 5.74) is 0.640. The van der Waals surface area contributed by atoms with Crippen LogP contribution in [0.4, 0.5) is 0 Å². The molecule has 1 aromatic carbocycles. The first-order chi connectivity index (χ1) is 10.0. The topological polar surface area (TPSA) is 59.4 Å². The average Bonchev–Trinajstić information content (AvgIpc) is 2.46. The lowest BCUT2D eigenvalue weighted by atomic mass is 10.1. The zero-order chi connectivity index (χ0) is 15.4. The normalized spacial score (nSPS) is 12.3. The third-order valence-corrected chi connectivity index (χ3v) is 4.35. The first kappa shape index (κ1) is 16.2. The molecule has 0 radical (unpaired) electrons. The minimum Gasteiger partial charge on any atom is -0.479 e. The molecule has 0 fully saturated rings. The number of rotatable bonds is 6. The zero-order valence-electron chi connectivity index (χ0n) is 11.5. The van der Waals surface area contributed by atoms with E-state index in [1.807, 2.05) is 25.1 Å². The molecule has 0 aliphatic heterocycles. The van der Waals surface area contributed by atoms with Crippen molar-refractivity contribution in [2.75, 3.05) is 0 Å². The van der Waals surface area contributed by atoms with E-state index in [1.165, 1.54) is 0 Å². The van der Waals surface area contributed by atoms with Gasteiger partial charge in [-0.15, -0.1) is 0 Å². The van der Waals surface area contributed by atoms with Crippen molar-refractivity contribution in [2.24, 2.45) is 0 Å². The molecule has 1 heterocycles. The lowest BCUT2D eigenvalue weighted by Crippen LogP contribution is -2.27. The molecule has 2 rings (SSSR count). The molecule has 0 aliphatic carbocycles. The predicted molar refractivity (Wildman–Crippen MR) is 88.7 cm³/mol. The quantitative estimate of drug-likeness (QED) is 0.735. The molecule has 112 valence electrons. The summed E-state index contributed by atoms with van der Waals surface area (Å²) in [7, 11) is 0. The Morgan fingerprint density at radius 1 is 1.43 bits per heavy atom. The number of carboxylic acid groups (broad SMARTS) is 1. The Morgan fingerprint density at radius 3 is 2.86 bits per heavy atom. The number of benzene rings is 1. The van der Waals surface area contributed by atoms with Crippen LogP contribution in [0.15, 0.2) is 33.3 Å². The second-order valence-corrected chi connectivity index (χ2v) is 6.36. The summed E-state index contributed by atoms with van der Waals surface area (Å²) in [6.45, 7) is 2.02. The molecule has 1 N–H and O–H groups in total. The largest absolute Gasteiger partial charge is 0.479 e. The predicted octanol–water partition coefficient (Wildman–Crippen LogP) is 4.78. The highest BCUT2D eigenvalue weighted by Gasteiger charge is 2.22. The van der Waals surface area contributed by atoms with Crippen LogP contribution in [0.25, 0.3) is 10.9 Å².